The third-order valence-corrected chi connectivity index (χ3v) is 3.55. The van der Waals surface area contributed by atoms with E-state index in [1.54, 1.807) is 12.1 Å². The van der Waals surface area contributed by atoms with Crippen LogP contribution in [0.2, 0.25) is 0 Å². The van der Waals surface area contributed by atoms with E-state index >= 15 is 0 Å². The number of aromatic nitrogens is 3. The topological polar surface area (TPSA) is 103 Å². The van der Waals surface area contributed by atoms with E-state index in [-0.39, 0.29) is 11.6 Å². The summed E-state index contributed by atoms with van der Waals surface area (Å²) >= 11 is 0. The zero-order chi connectivity index (χ0) is 14.8. The van der Waals surface area contributed by atoms with Crippen LogP contribution >= 0.6 is 0 Å². The first-order valence-electron chi connectivity index (χ1n) is 6.87. The second-order valence-electron chi connectivity index (χ2n) is 5.01. The molecule has 1 fully saturated rings. The average molecular weight is 288 g/mol. The van der Waals surface area contributed by atoms with Gasteiger partial charge in [-0.2, -0.15) is 9.67 Å². The van der Waals surface area contributed by atoms with Gasteiger partial charge in [0, 0.05) is 25.2 Å². The quantitative estimate of drug-likeness (QED) is 0.681. The Bertz CT molecular complexity index is 662. The molecule has 1 saturated heterocycles. The van der Waals surface area contributed by atoms with Crippen molar-refractivity contribution in [2.45, 2.75) is 19.3 Å². The number of nitro benzene ring substituents is 1. The van der Waals surface area contributed by atoms with Gasteiger partial charge in [-0.25, -0.2) is 0 Å². The summed E-state index contributed by atoms with van der Waals surface area (Å²) in [6, 6.07) is 6.19. The van der Waals surface area contributed by atoms with Gasteiger partial charge in [0.05, 0.1) is 10.6 Å². The van der Waals surface area contributed by atoms with Gasteiger partial charge in [0.1, 0.15) is 0 Å². The number of piperidine rings is 1. The van der Waals surface area contributed by atoms with Crippen LogP contribution in [0.4, 0.5) is 17.6 Å². The lowest BCUT2D eigenvalue weighted by molar-refractivity contribution is -0.384. The van der Waals surface area contributed by atoms with Gasteiger partial charge in [-0.1, -0.05) is 6.07 Å². The molecule has 2 aromatic rings. The molecule has 0 atom stereocenters. The Morgan fingerprint density at radius 1 is 1.24 bits per heavy atom. The summed E-state index contributed by atoms with van der Waals surface area (Å²) in [5, 5.41) is 15.2. The van der Waals surface area contributed by atoms with Crippen molar-refractivity contribution in [3.05, 3.63) is 34.4 Å². The van der Waals surface area contributed by atoms with Crippen molar-refractivity contribution >= 4 is 17.6 Å². The van der Waals surface area contributed by atoms with Crippen LogP contribution in [0.3, 0.4) is 0 Å². The molecule has 110 valence electrons. The summed E-state index contributed by atoms with van der Waals surface area (Å²) in [5.41, 5.74) is 6.44. The minimum atomic E-state index is -0.442. The van der Waals surface area contributed by atoms with Crippen molar-refractivity contribution in [1.29, 1.82) is 0 Å². The van der Waals surface area contributed by atoms with Gasteiger partial charge >= 0.3 is 0 Å². The van der Waals surface area contributed by atoms with Crippen LogP contribution in [-0.2, 0) is 0 Å². The number of nitrogen functional groups attached to an aromatic ring is 1. The summed E-state index contributed by atoms with van der Waals surface area (Å²) in [7, 11) is 0. The fourth-order valence-electron chi connectivity index (χ4n) is 2.47. The predicted octanol–water partition coefficient (Wildman–Crippen LogP) is 1.75. The van der Waals surface area contributed by atoms with E-state index in [0.29, 0.717) is 11.6 Å². The molecule has 1 aliphatic rings. The SMILES string of the molecule is Nc1nc(N2CCCCC2)nn1-c1cccc([N+](=O)[O-])c1. The fraction of sp³-hybridized carbons (Fsp3) is 0.385. The predicted molar refractivity (Wildman–Crippen MR) is 78.5 cm³/mol. The number of rotatable bonds is 3. The van der Waals surface area contributed by atoms with E-state index in [2.05, 4.69) is 15.0 Å². The van der Waals surface area contributed by atoms with Crippen LogP contribution in [0.25, 0.3) is 5.69 Å². The molecule has 0 aliphatic carbocycles. The monoisotopic (exact) mass is 288 g/mol. The first kappa shape index (κ1) is 13.3. The first-order valence-corrected chi connectivity index (χ1v) is 6.87. The first-order chi connectivity index (χ1) is 10.1. The molecule has 8 nitrogen and oxygen atoms in total. The molecule has 0 unspecified atom stereocenters. The number of nitro groups is 1. The number of hydrogen-bond donors (Lipinski definition) is 1. The molecule has 0 amide bonds. The Labute approximate surface area is 121 Å². The molecule has 2 N–H and O–H groups in total. The molecule has 0 bridgehead atoms. The third kappa shape index (κ3) is 2.64. The standard InChI is InChI=1S/C13H16N6O2/c14-12-15-13(17-7-2-1-3-8-17)16-18(12)10-5-4-6-11(9-10)19(20)21/h4-6,9H,1-3,7-8H2,(H2,14,15,16). The number of benzene rings is 1. The van der Waals surface area contributed by atoms with E-state index < -0.39 is 4.92 Å². The summed E-state index contributed by atoms with van der Waals surface area (Å²) in [6.07, 6.45) is 3.45. The van der Waals surface area contributed by atoms with Crippen molar-refractivity contribution < 1.29 is 4.92 Å². The van der Waals surface area contributed by atoms with Crippen LogP contribution in [0.5, 0.6) is 0 Å². The Kier molecular flexibility index (Phi) is 3.43. The maximum absolute atomic E-state index is 10.8. The molecule has 8 heteroatoms. The number of anilines is 2. The van der Waals surface area contributed by atoms with Gasteiger partial charge < -0.3 is 10.6 Å². The molecule has 0 spiro atoms. The summed E-state index contributed by atoms with van der Waals surface area (Å²) in [6.45, 7) is 1.83. The summed E-state index contributed by atoms with van der Waals surface area (Å²) < 4.78 is 1.44. The van der Waals surface area contributed by atoms with Crippen molar-refractivity contribution in [3.8, 4) is 5.69 Å². The minimum Gasteiger partial charge on any atom is -0.368 e. The Hall–Kier alpha value is -2.64. The highest BCUT2D eigenvalue weighted by Crippen LogP contribution is 2.22. The molecular weight excluding hydrogens is 272 g/mol. The highest BCUT2D eigenvalue weighted by molar-refractivity contribution is 5.48. The zero-order valence-electron chi connectivity index (χ0n) is 11.5. The maximum Gasteiger partial charge on any atom is 0.271 e. The van der Waals surface area contributed by atoms with Crippen LogP contribution in [0.15, 0.2) is 24.3 Å². The Balaban J connectivity index is 1.93. The molecule has 1 aromatic carbocycles. The van der Waals surface area contributed by atoms with Gasteiger partial charge in [0.2, 0.25) is 11.9 Å². The maximum atomic E-state index is 10.8. The summed E-state index contributed by atoms with van der Waals surface area (Å²) in [5.74, 6) is 0.815. The van der Waals surface area contributed by atoms with E-state index in [1.165, 1.54) is 23.2 Å². The second kappa shape index (κ2) is 5.39. The molecule has 1 aliphatic heterocycles. The molecule has 21 heavy (non-hydrogen) atoms. The molecule has 0 radical (unpaired) electrons. The van der Waals surface area contributed by atoms with Gasteiger partial charge in [-0.05, 0) is 25.3 Å². The normalized spacial score (nSPS) is 15.1. The molecule has 3 rings (SSSR count). The van der Waals surface area contributed by atoms with Crippen molar-refractivity contribution in [2.24, 2.45) is 0 Å². The number of hydrogen-bond acceptors (Lipinski definition) is 6. The lowest BCUT2D eigenvalue weighted by Crippen LogP contribution is -2.30. The second-order valence-corrected chi connectivity index (χ2v) is 5.01. The van der Waals surface area contributed by atoms with Crippen molar-refractivity contribution in [1.82, 2.24) is 14.8 Å². The van der Waals surface area contributed by atoms with Gasteiger partial charge in [-0.3, -0.25) is 10.1 Å². The highest BCUT2D eigenvalue weighted by atomic mass is 16.6. The smallest absolute Gasteiger partial charge is 0.271 e. The van der Waals surface area contributed by atoms with Crippen LogP contribution in [-0.4, -0.2) is 32.8 Å². The van der Waals surface area contributed by atoms with E-state index in [9.17, 15) is 10.1 Å². The fourth-order valence-corrected chi connectivity index (χ4v) is 2.47. The van der Waals surface area contributed by atoms with Crippen molar-refractivity contribution in [2.75, 3.05) is 23.7 Å². The molecular formula is C13H16N6O2. The van der Waals surface area contributed by atoms with E-state index in [4.69, 9.17) is 5.73 Å². The molecule has 2 heterocycles. The minimum absolute atomic E-state index is 0.00178. The number of nitrogens with zero attached hydrogens (tertiary/aromatic N) is 5. The average Bonchev–Trinajstić information content (AvgIpc) is 2.90. The Morgan fingerprint density at radius 3 is 2.71 bits per heavy atom. The largest absolute Gasteiger partial charge is 0.368 e. The molecule has 0 saturated carbocycles. The highest BCUT2D eigenvalue weighted by Gasteiger charge is 2.18. The van der Waals surface area contributed by atoms with Crippen molar-refractivity contribution in [3.63, 3.8) is 0 Å². The Morgan fingerprint density at radius 2 is 2.00 bits per heavy atom. The van der Waals surface area contributed by atoms with Crippen LogP contribution in [0, 0.1) is 10.1 Å². The van der Waals surface area contributed by atoms with Gasteiger partial charge in [0.25, 0.3) is 5.69 Å². The van der Waals surface area contributed by atoms with Crippen LogP contribution < -0.4 is 10.6 Å². The molecule has 1 aromatic heterocycles. The summed E-state index contributed by atoms with van der Waals surface area (Å²) in [4.78, 5) is 16.8. The lowest BCUT2D eigenvalue weighted by Gasteiger charge is -2.24. The zero-order valence-corrected chi connectivity index (χ0v) is 11.5. The number of non-ortho nitro benzene ring substituents is 1. The van der Waals surface area contributed by atoms with E-state index in [0.717, 1.165) is 25.9 Å². The van der Waals surface area contributed by atoms with E-state index in [1.807, 2.05) is 0 Å². The third-order valence-electron chi connectivity index (χ3n) is 3.55. The number of nitrogens with two attached hydrogens (primary N) is 1. The van der Waals surface area contributed by atoms with Gasteiger partial charge in [-0.15, -0.1) is 5.10 Å². The lowest BCUT2D eigenvalue weighted by atomic mass is 10.1. The van der Waals surface area contributed by atoms with Crippen LogP contribution in [0.1, 0.15) is 19.3 Å². The van der Waals surface area contributed by atoms with Gasteiger partial charge in [0.15, 0.2) is 0 Å².